The molecular weight excluding hydrogens is 961 g/mol. The monoisotopic (exact) mass is 979 g/mol. The minimum Gasteiger partial charge on any atom is -1.00 e. The van der Waals surface area contributed by atoms with Gasteiger partial charge < -0.3 is 20.0 Å². The predicted molar refractivity (Wildman–Crippen MR) is 55.8 cm³/mol. The summed E-state index contributed by atoms with van der Waals surface area (Å²) in [7, 11) is 0. The Balaban J connectivity index is 0. The molecule has 0 aromatic carbocycles. The number of rotatable bonds is 0. The molecule has 0 aliphatic rings. The van der Waals surface area contributed by atoms with E-state index in [-0.39, 0.29) is 362 Å². The Hall–Kier alpha value is 11.0. The quantitative estimate of drug-likeness (QED) is 0.272. The molecule has 0 rings (SSSR count). The summed E-state index contributed by atoms with van der Waals surface area (Å²) in [6.07, 6.45) is 0. The van der Waals surface area contributed by atoms with Crippen molar-refractivity contribution in [2.75, 3.05) is 0 Å². The van der Waals surface area contributed by atoms with Crippen LogP contribution in [0.3, 0.4) is 0 Å². The van der Waals surface area contributed by atoms with Crippen LogP contribution in [0.25, 0.3) is 0 Å². The largest absolute Gasteiger partial charge is 2.00 e. The third-order valence-corrected chi connectivity index (χ3v) is 0. The van der Waals surface area contributed by atoms with Crippen LogP contribution in [-0.2, 0) is 0 Å². The molecule has 0 bridgehead atoms. The molecule has 7 heteroatoms. The van der Waals surface area contributed by atoms with Gasteiger partial charge in [-0.2, -0.15) is 0 Å². The second-order valence-corrected chi connectivity index (χ2v) is 0. The van der Waals surface area contributed by atoms with Crippen molar-refractivity contribution in [1.82, 2.24) is 0 Å². The van der Waals surface area contributed by atoms with E-state index in [1.807, 2.05) is 0 Å². The van der Waals surface area contributed by atoms with Gasteiger partial charge in [-0.05, 0) is 0 Å². The van der Waals surface area contributed by atoms with Crippen molar-refractivity contribution < 1.29 is 20.0 Å². The fraction of sp³-hybridized carbons (Fsp3) is 0. The molecule has 0 aliphatic heterocycles. The molecule has 7 heavy (non-hydrogen) atoms. The Labute approximate surface area is 348 Å². The summed E-state index contributed by atoms with van der Waals surface area (Å²) in [5.74, 6) is 0. The summed E-state index contributed by atoms with van der Waals surface area (Å²) >= 11 is 0. The van der Waals surface area contributed by atoms with Crippen molar-refractivity contribution in [3.8, 4) is 0 Å². The summed E-state index contributed by atoms with van der Waals surface area (Å²) in [5, 5.41) is 0. The van der Waals surface area contributed by atoms with Gasteiger partial charge in [0.25, 0.3) is 0 Å². The second-order valence-electron chi connectivity index (χ2n) is 0. The SMILES string of the molecule is [Ba+2].[Ba+2].[Ba+2].[Ba+2].[Ba+2].[Ba+2].[Ba+2].[H-].[H-].[H-].[H-].[H-].[H-].[H-].[H-].[H-].[H-].[H-].[H-].[H-].[H-]. The van der Waals surface area contributed by atoms with E-state index in [2.05, 4.69) is 0 Å². The Kier molecular flexibility index (Phi) is 221. The molecule has 28 valence electrons. The van der Waals surface area contributed by atoms with Gasteiger partial charge in [-0.1, -0.05) is 0 Å². The van der Waals surface area contributed by atoms with Crippen molar-refractivity contribution in [1.29, 1.82) is 0 Å². The van der Waals surface area contributed by atoms with Gasteiger partial charge in [-0.15, -0.1) is 0 Å². The molecule has 0 spiro atoms. The summed E-state index contributed by atoms with van der Waals surface area (Å²) in [6.45, 7) is 0. The Morgan fingerprint density at radius 3 is 0.286 bits per heavy atom. The zero-order valence-corrected chi connectivity index (χ0v) is 36.0. The topological polar surface area (TPSA) is 0 Å². The maximum Gasteiger partial charge on any atom is 2.00 e. The minimum absolute atomic E-state index is 0. The summed E-state index contributed by atoms with van der Waals surface area (Å²) in [5.41, 5.74) is 0. The molecule has 0 nitrogen and oxygen atoms in total. The molecule has 0 amide bonds. The van der Waals surface area contributed by atoms with Gasteiger partial charge in [0.15, 0.2) is 0 Å². The molecule has 0 atom stereocenters. The first-order chi connectivity index (χ1) is 0. The molecule has 0 N–H and O–H groups in total. The molecule has 0 saturated heterocycles. The van der Waals surface area contributed by atoms with Crippen LogP contribution in [0.2, 0.25) is 0 Å². The fourth-order valence-electron chi connectivity index (χ4n) is 0. The molecule has 0 aliphatic carbocycles. The molecule has 0 aromatic rings. The van der Waals surface area contributed by atoms with E-state index < -0.39 is 0 Å². The van der Waals surface area contributed by atoms with Crippen molar-refractivity contribution >= 4 is 342 Å². The molecule has 0 heterocycles. The van der Waals surface area contributed by atoms with Crippen LogP contribution < -0.4 is 0 Å². The zero-order chi connectivity index (χ0) is 0. The second kappa shape index (κ2) is 36.0. The predicted octanol–water partition coefficient (Wildman–Crippen LogP) is -1.09. The van der Waals surface area contributed by atoms with E-state index >= 15 is 0 Å². The van der Waals surface area contributed by atoms with Crippen LogP contribution in [0.1, 0.15) is 20.0 Å². The van der Waals surface area contributed by atoms with Crippen LogP contribution >= 0.6 is 0 Å². The summed E-state index contributed by atoms with van der Waals surface area (Å²) in [6, 6.07) is 0. The van der Waals surface area contributed by atoms with E-state index in [1.165, 1.54) is 0 Å². The van der Waals surface area contributed by atoms with Gasteiger partial charge in [0.2, 0.25) is 0 Å². The molecule has 0 fully saturated rings. The third-order valence-electron chi connectivity index (χ3n) is 0. The van der Waals surface area contributed by atoms with Gasteiger partial charge in [-0.25, -0.2) is 0 Å². The Bertz CT molecular complexity index is 19.3. The van der Waals surface area contributed by atoms with Crippen LogP contribution in [-0.4, -0.2) is 342 Å². The number of hydrogen-bond donors (Lipinski definition) is 0. The average Bonchev–Trinajstić information content (AvgIpc) is 0. The maximum absolute atomic E-state index is 0. The Morgan fingerprint density at radius 2 is 0.286 bits per heavy atom. The van der Waals surface area contributed by atoms with Crippen molar-refractivity contribution in [3.05, 3.63) is 0 Å². The van der Waals surface area contributed by atoms with E-state index in [9.17, 15) is 0 Å². The van der Waals surface area contributed by atoms with Crippen molar-refractivity contribution in [2.45, 2.75) is 0 Å². The van der Waals surface area contributed by atoms with E-state index in [0.29, 0.717) is 0 Å². The number of hydrogen-bond acceptors (Lipinski definition) is 0. The van der Waals surface area contributed by atoms with Gasteiger partial charge >= 0.3 is 342 Å². The average molecular weight is 975 g/mol. The van der Waals surface area contributed by atoms with Crippen LogP contribution in [0.15, 0.2) is 0 Å². The van der Waals surface area contributed by atoms with Gasteiger partial charge in [0.05, 0.1) is 0 Å². The van der Waals surface area contributed by atoms with Gasteiger partial charge in [0, 0.05) is 0 Å². The van der Waals surface area contributed by atoms with Gasteiger partial charge in [-0.3, -0.25) is 0 Å². The van der Waals surface area contributed by atoms with Crippen molar-refractivity contribution in [3.63, 3.8) is 0 Å². The summed E-state index contributed by atoms with van der Waals surface area (Å²) in [4.78, 5) is 0. The Morgan fingerprint density at radius 1 is 0.286 bits per heavy atom. The summed E-state index contributed by atoms with van der Waals surface area (Å²) < 4.78 is 0. The fourth-order valence-corrected chi connectivity index (χ4v) is 0. The smallest absolute Gasteiger partial charge is 1.00 e. The first-order valence-electron chi connectivity index (χ1n) is 0. The normalized spacial score (nSPS) is 0. The van der Waals surface area contributed by atoms with Crippen LogP contribution in [0.4, 0.5) is 0 Å². The van der Waals surface area contributed by atoms with E-state index in [1.54, 1.807) is 0 Å². The molecule has 0 radical (unpaired) electrons. The molecule has 0 aromatic heterocycles. The molecular formula is H14Ba7. The maximum atomic E-state index is 0. The first kappa shape index (κ1) is 43.0. The van der Waals surface area contributed by atoms with Crippen LogP contribution in [0.5, 0.6) is 0 Å². The van der Waals surface area contributed by atoms with E-state index in [4.69, 9.17) is 0 Å². The third kappa shape index (κ3) is 31.6. The molecule has 0 unspecified atom stereocenters. The van der Waals surface area contributed by atoms with E-state index in [0.717, 1.165) is 0 Å². The standard InChI is InChI=1S/7Ba.14H/q7*+2;14*-1. The molecule has 0 saturated carbocycles. The van der Waals surface area contributed by atoms with Gasteiger partial charge in [0.1, 0.15) is 0 Å². The zero-order valence-electron chi connectivity index (χ0n) is 18.9. The minimum atomic E-state index is 0. The van der Waals surface area contributed by atoms with Crippen molar-refractivity contribution in [2.24, 2.45) is 0 Å². The first-order valence-corrected chi connectivity index (χ1v) is 0. The van der Waals surface area contributed by atoms with Crippen LogP contribution in [0, 0.1) is 0 Å².